The maximum absolute atomic E-state index is 13.4. The minimum absolute atomic E-state index is 0.0194. The molecule has 2 amide bonds. The molecule has 0 radical (unpaired) electrons. The van der Waals surface area contributed by atoms with Gasteiger partial charge in [0, 0.05) is 46.3 Å². The van der Waals surface area contributed by atoms with Crippen LogP contribution in [0.3, 0.4) is 0 Å². The summed E-state index contributed by atoms with van der Waals surface area (Å²) in [5, 5.41) is 20.2. The Hall–Kier alpha value is -3.13. The van der Waals surface area contributed by atoms with E-state index in [0.717, 1.165) is 18.6 Å². The van der Waals surface area contributed by atoms with Crippen LogP contribution in [0, 0.1) is 0 Å². The molecule has 0 saturated heterocycles. The molecule has 0 bridgehead atoms. The van der Waals surface area contributed by atoms with Gasteiger partial charge in [0.05, 0.1) is 18.0 Å². The summed E-state index contributed by atoms with van der Waals surface area (Å²) < 4.78 is 41.7. The fourth-order valence-electron chi connectivity index (χ4n) is 3.77. The molecule has 210 valence electrons. The minimum Gasteiger partial charge on any atom is -0.481 e. The highest BCUT2D eigenvalue weighted by Gasteiger charge is 2.32. The molecule has 5 N–H and O–H groups in total. The van der Waals surface area contributed by atoms with Crippen molar-refractivity contribution in [3.05, 3.63) is 62.0 Å². The summed E-state index contributed by atoms with van der Waals surface area (Å²) >= 11 is 6.67. The average molecular weight is 677 g/mol. The van der Waals surface area contributed by atoms with Crippen molar-refractivity contribution in [2.75, 3.05) is 25.0 Å². The molecule has 0 aromatic heterocycles. The molecule has 0 fully saturated rings. The highest BCUT2D eigenvalue weighted by atomic mass is 79.9. The summed E-state index contributed by atoms with van der Waals surface area (Å²) in [6.07, 6.45) is -4.04. The van der Waals surface area contributed by atoms with Crippen LogP contribution in [0.15, 0.2) is 50.3 Å². The molecular formula is C25H26Br2F3N5O4. The molecule has 9 nitrogen and oxygen atoms in total. The third-order valence-corrected chi connectivity index (χ3v) is 6.47. The first-order valence-corrected chi connectivity index (χ1v) is 13.5. The predicted molar refractivity (Wildman–Crippen MR) is 147 cm³/mol. The largest absolute Gasteiger partial charge is 0.481 e. The smallest absolute Gasteiger partial charge is 0.416 e. The monoisotopic (exact) mass is 675 g/mol. The Morgan fingerprint density at radius 2 is 1.79 bits per heavy atom. The van der Waals surface area contributed by atoms with Gasteiger partial charge in [-0.2, -0.15) is 13.2 Å². The second-order valence-electron chi connectivity index (χ2n) is 8.71. The van der Waals surface area contributed by atoms with Gasteiger partial charge < -0.3 is 26.4 Å². The number of aliphatic imine (C=N–C) groups is 1. The molecule has 0 aliphatic carbocycles. The summed E-state index contributed by atoms with van der Waals surface area (Å²) in [5.74, 6) is -1.93. The van der Waals surface area contributed by atoms with Crippen molar-refractivity contribution in [3.8, 4) is 0 Å². The molecule has 2 aromatic carbocycles. The van der Waals surface area contributed by atoms with Gasteiger partial charge in [0.25, 0.3) is 5.91 Å². The first-order chi connectivity index (χ1) is 18.4. The number of aliphatic carboxylic acids is 1. The van der Waals surface area contributed by atoms with Crippen molar-refractivity contribution in [3.63, 3.8) is 0 Å². The third kappa shape index (κ3) is 9.84. The van der Waals surface area contributed by atoms with Gasteiger partial charge in [-0.05, 0) is 54.8 Å². The van der Waals surface area contributed by atoms with Crippen molar-refractivity contribution in [1.82, 2.24) is 16.0 Å². The Morgan fingerprint density at radius 3 is 2.41 bits per heavy atom. The second kappa shape index (κ2) is 13.8. The number of hydrogen-bond donors (Lipinski definition) is 5. The number of carboxylic acids is 1. The number of alkyl halides is 3. The van der Waals surface area contributed by atoms with Crippen molar-refractivity contribution in [2.24, 2.45) is 4.99 Å². The Labute approximate surface area is 239 Å². The maximum Gasteiger partial charge on any atom is 0.416 e. The van der Waals surface area contributed by atoms with E-state index in [1.807, 2.05) is 0 Å². The Bertz CT molecular complexity index is 1240. The van der Waals surface area contributed by atoms with Crippen molar-refractivity contribution >= 4 is 61.3 Å². The quantitative estimate of drug-likeness (QED) is 0.229. The molecule has 0 spiro atoms. The van der Waals surface area contributed by atoms with Crippen LogP contribution in [-0.2, 0) is 15.8 Å². The molecule has 1 aliphatic heterocycles. The van der Waals surface area contributed by atoms with Crippen LogP contribution in [-0.4, -0.2) is 48.5 Å². The Balaban J connectivity index is 1.58. The molecule has 1 atom stereocenters. The highest BCUT2D eigenvalue weighted by molar-refractivity contribution is 9.11. The number of guanidine groups is 1. The van der Waals surface area contributed by atoms with Gasteiger partial charge in [0.1, 0.15) is 0 Å². The van der Waals surface area contributed by atoms with Crippen molar-refractivity contribution < 1.29 is 32.7 Å². The lowest BCUT2D eigenvalue weighted by molar-refractivity contribution is -0.138. The van der Waals surface area contributed by atoms with E-state index in [-0.39, 0.29) is 37.1 Å². The molecule has 2 aromatic rings. The van der Waals surface area contributed by atoms with Crippen LogP contribution in [0.4, 0.5) is 18.9 Å². The lowest BCUT2D eigenvalue weighted by Crippen LogP contribution is -2.35. The molecule has 0 saturated carbocycles. The van der Waals surface area contributed by atoms with Gasteiger partial charge in [-0.15, -0.1) is 0 Å². The van der Waals surface area contributed by atoms with Crippen LogP contribution < -0.4 is 21.3 Å². The SMILES string of the molecule is O=C(O)CC(NC(=O)CCCNC(=O)c1cc(NC2=NCCCN2)cc(C(F)(F)F)c1)c1cc(Br)cc(Br)c1. The zero-order chi connectivity index (χ0) is 28.6. The zero-order valence-electron chi connectivity index (χ0n) is 20.5. The van der Waals surface area contributed by atoms with E-state index in [1.54, 1.807) is 18.2 Å². The number of hydrogen-bond acceptors (Lipinski definition) is 6. The van der Waals surface area contributed by atoms with E-state index in [9.17, 15) is 32.7 Å². The fraction of sp³-hybridized carbons (Fsp3) is 0.360. The Kier molecular flexibility index (Phi) is 10.7. The minimum atomic E-state index is -4.66. The van der Waals surface area contributed by atoms with Crippen molar-refractivity contribution in [1.29, 1.82) is 0 Å². The number of amides is 2. The number of benzene rings is 2. The van der Waals surface area contributed by atoms with E-state index < -0.39 is 35.6 Å². The van der Waals surface area contributed by atoms with Gasteiger partial charge in [0.15, 0.2) is 5.96 Å². The first-order valence-electron chi connectivity index (χ1n) is 11.9. The highest BCUT2D eigenvalue weighted by Crippen LogP contribution is 2.32. The number of rotatable bonds is 10. The van der Waals surface area contributed by atoms with Crippen molar-refractivity contribution in [2.45, 2.75) is 37.9 Å². The number of anilines is 1. The van der Waals surface area contributed by atoms with Gasteiger partial charge >= 0.3 is 12.1 Å². The number of halogens is 5. The van der Waals surface area contributed by atoms with Gasteiger partial charge in [-0.25, -0.2) is 0 Å². The lowest BCUT2D eigenvalue weighted by atomic mass is 10.0. The summed E-state index contributed by atoms with van der Waals surface area (Å²) in [6, 6.07) is 7.35. The molecule has 14 heteroatoms. The number of carbonyl (C=O) groups is 3. The van der Waals surface area contributed by atoms with Gasteiger partial charge in [0.2, 0.25) is 5.91 Å². The summed E-state index contributed by atoms with van der Waals surface area (Å²) in [5.41, 5.74) is -0.540. The molecule has 1 heterocycles. The van der Waals surface area contributed by atoms with Crippen LogP contribution in [0.5, 0.6) is 0 Å². The Morgan fingerprint density at radius 1 is 1.08 bits per heavy atom. The standard InChI is InChI=1S/C25H26Br2F3N5O4/c26-17-8-14(9-18(27)12-17)20(13-22(37)38)35-21(36)3-1-4-31-23(39)15-7-16(25(28,29)30)11-19(10-15)34-24-32-5-2-6-33-24/h7-12,20H,1-6,13H2,(H,31,39)(H,35,36)(H,37,38)(H2,32,33,34). The van der Waals surface area contributed by atoms with Crippen LogP contribution >= 0.6 is 31.9 Å². The van der Waals surface area contributed by atoms with Crippen LogP contribution in [0.2, 0.25) is 0 Å². The predicted octanol–water partition coefficient (Wildman–Crippen LogP) is 4.83. The average Bonchev–Trinajstić information content (AvgIpc) is 2.85. The van der Waals surface area contributed by atoms with Crippen LogP contribution in [0.1, 0.15) is 53.2 Å². The topological polar surface area (TPSA) is 132 Å². The first kappa shape index (κ1) is 30.4. The second-order valence-corrected chi connectivity index (χ2v) is 10.5. The third-order valence-electron chi connectivity index (χ3n) is 5.55. The summed E-state index contributed by atoms with van der Waals surface area (Å²) in [7, 11) is 0. The maximum atomic E-state index is 13.4. The summed E-state index contributed by atoms with van der Waals surface area (Å²) in [6.45, 7) is 1.18. The van der Waals surface area contributed by atoms with Crippen LogP contribution in [0.25, 0.3) is 0 Å². The molecule has 39 heavy (non-hydrogen) atoms. The number of carboxylic acid groups (broad SMARTS) is 1. The number of carbonyl (C=O) groups excluding carboxylic acids is 2. The normalized spacial score (nSPS) is 14.0. The van der Waals surface area contributed by atoms with E-state index >= 15 is 0 Å². The lowest BCUT2D eigenvalue weighted by Gasteiger charge is -2.18. The van der Waals surface area contributed by atoms with E-state index in [4.69, 9.17) is 0 Å². The van der Waals surface area contributed by atoms with Gasteiger partial charge in [-0.3, -0.25) is 19.4 Å². The zero-order valence-corrected chi connectivity index (χ0v) is 23.7. The molecular weight excluding hydrogens is 651 g/mol. The number of nitrogens with one attached hydrogen (secondary N) is 4. The number of nitrogens with zero attached hydrogens (tertiary/aromatic N) is 1. The molecule has 1 aliphatic rings. The van der Waals surface area contributed by atoms with E-state index in [2.05, 4.69) is 58.1 Å². The molecule has 1 unspecified atom stereocenters. The van der Waals surface area contributed by atoms with E-state index in [0.29, 0.717) is 33.6 Å². The molecule has 3 rings (SSSR count). The fourth-order valence-corrected chi connectivity index (χ4v) is 5.10. The van der Waals surface area contributed by atoms with Gasteiger partial charge in [-0.1, -0.05) is 31.9 Å². The summed E-state index contributed by atoms with van der Waals surface area (Å²) in [4.78, 5) is 40.6. The van der Waals surface area contributed by atoms with E-state index in [1.165, 1.54) is 6.07 Å².